The predicted octanol–water partition coefficient (Wildman–Crippen LogP) is 2.23. The third kappa shape index (κ3) is 2.45. The van der Waals surface area contributed by atoms with Crippen LogP contribution in [0.25, 0.3) is 0 Å². The summed E-state index contributed by atoms with van der Waals surface area (Å²) in [5, 5.41) is 0. The Balaban J connectivity index is 3.31. The van der Waals surface area contributed by atoms with Crippen LogP contribution in [0.4, 0.5) is 13.2 Å². The summed E-state index contributed by atoms with van der Waals surface area (Å²) in [6.45, 7) is 2.84. The lowest BCUT2D eigenvalue weighted by atomic mass is 9.99. The van der Waals surface area contributed by atoms with Crippen LogP contribution in [0.15, 0.2) is 18.3 Å². The van der Waals surface area contributed by atoms with Crippen LogP contribution in [0.5, 0.6) is 0 Å². The van der Waals surface area contributed by atoms with Gasteiger partial charge in [0.05, 0.1) is 11.3 Å². The minimum atomic E-state index is -4.46. The first-order valence-corrected chi connectivity index (χ1v) is 4.19. The van der Waals surface area contributed by atoms with E-state index in [2.05, 4.69) is 9.82 Å². The molecule has 84 valence electrons. The van der Waals surface area contributed by atoms with E-state index in [1.807, 2.05) is 0 Å². The number of halogens is 3. The summed E-state index contributed by atoms with van der Waals surface area (Å²) in [5.74, 6) is 4.94. The Morgan fingerprint density at radius 1 is 1.33 bits per heavy atom. The molecule has 0 aromatic carbocycles. The molecule has 0 fully saturated rings. The van der Waals surface area contributed by atoms with Gasteiger partial charge in [-0.15, -0.1) is 0 Å². The average Bonchev–Trinajstić information content (AvgIpc) is 2.16. The van der Waals surface area contributed by atoms with Gasteiger partial charge in [-0.2, -0.15) is 13.2 Å². The highest BCUT2D eigenvalue weighted by Gasteiger charge is 2.39. The topological polar surface area (TPSA) is 48.1 Å². The lowest BCUT2D eigenvalue weighted by Gasteiger charge is -2.24. The molecule has 0 aliphatic heterocycles. The van der Waals surface area contributed by atoms with Crippen LogP contribution in [-0.2, 0) is 16.6 Å². The highest BCUT2D eigenvalue weighted by atomic mass is 19.4. The van der Waals surface area contributed by atoms with Gasteiger partial charge in [0, 0.05) is 6.20 Å². The van der Waals surface area contributed by atoms with Crippen LogP contribution < -0.4 is 5.90 Å². The number of rotatable bonds is 2. The van der Waals surface area contributed by atoms with Gasteiger partial charge in [0.2, 0.25) is 0 Å². The largest absolute Gasteiger partial charge is 0.418 e. The van der Waals surface area contributed by atoms with Gasteiger partial charge in [-0.3, -0.25) is 9.82 Å². The van der Waals surface area contributed by atoms with Crippen molar-refractivity contribution in [1.29, 1.82) is 0 Å². The highest BCUT2D eigenvalue weighted by molar-refractivity contribution is 5.27. The molecule has 1 rings (SSSR count). The SMILES string of the molecule is CC(C)(ON)c1ncccc1C(F)(F)F. The summed E-state index contributed by atoms with van der Waals surface area (Å²) in [6.07, 6.45) is -3.19. The molecule has 0 bridgehead atoms. The van der Waals surface area contributed by atoms with Crippen molar-refractivity contribution in [3.8, 4) is 0 Å². The monoisotopic (exact) mass is 220 g/mol. The van der Waals surface area contributed by atoms with E-state index in [0.717, 1.165) is 6.07 Å². The van der Waals surface area contributed by atoms with Crippen LogP contribution in [0.3, 0.4) is 0 Å². The third-order valence-corrected chi connectivity index (χ3v) is 1.98. The highest BCUT2D eigenvalue weighted by Crippen LogP contribution is 2.35. The molecular formula is C9H11F3N2O. The smallest absolute Gasteiger partial charge is 0.292 e. The lowest BCUT2D eigenvalue weighted by Crippen LogP contribution is -2.30. The normalized spacial score (nSPS) is 12.9. The summed E-state index contributed by atoms with van der Waals surface area (Å²) < 4.78 is 37.7. The van der Waals surface area contributed by atoms with Gasteiger partial charge < -0.3 is 0 Å². The first kappa shape index (κ1) is 11.9. The van der Waals surface area contributed by atoms with Crippen molar-refractivity contribution >= 4 is 0 Å². The van der Waals surface area contributed by atoms with Crippen LogP contribution >= 0.6 is 0 Å². The van der Waals surface area contributed by atoms with E-state index < -0.39 is 17.3 Å². The average molecular weight is 220 g/mol. The van der Waals surface area contributed by atoms with Crippen LogP contribution in [-0.4, -0.2) is 4.98 Å². The molecule has 0 radical (unpaired) electrons. The fraction of sp³-hybridized carbons (Fsp3) is 0.444. The summed E-state index contributed by atoms with van der Waals surface area (Å²) in [4.78, 5) is 8.16. The van der Waals surface area contributed by atoms with Gasteiger partial charge in [0.25, 0.3) is 0 Å². The minimum Gasteiger partial charge on any atom is -0.292 e. The number of nitrogens with zero attached hydrogens (tertiary/aromatic N) is 1. The van der Waals surface area contributed by atoms with Crippen molar-refractivity contribution in [1.82, 2.24) is 4.98 Å². The number of hydrogen-bond acceptors (Lipinski definition) is 3. The van der Waals surface area contributed by atoms with E-state index in [9.17, 15) is 13.2 Å². The molecule has 0 amide bonds. The maximum atomic E-state index is 12.6. The second-order valence-electron chi connectivity index (χ2n) is 3.53. The van der Waals surface area contributed by atoms with Crippen molar-refractivity contribution in [3.05, 3.63) is 29.6 Å². The predicted molar refractivity (Wildman–Crippen MR) is 47.5 cm³/mol. The van der Waals surface area contributed by atoms with Crippen molar-refractivity contribution in [3.63, 3.8) is 0 Å². The van der Waals surface area contributed by atoms with Crippen LogP contribution in [0.1, 0.15) is 25.1 Å². The zero-order valence-electron chi connectivity index (χ0n) is 8.30. The zero-order chi connectivity index (χ0) is 11.7. The van der Waals surface area contributed by atoms with E-state index in [0.29, 0.717) is 0 Å². The van der Waals surface area contributed by atoms with Gasteiger partial charge in [-0.25, -0.2) is 5.90 Å². The molecule has 0 atom stereocenters. The van der Waals surface area contributed by atoms with Gasteiger partial charge in [0.15, 0.2) is 0 Å². The van der Waals surface area contributed by atoms with E-state index in [-0.39, 0.29) is 5.69 Å². The first-order chi connectivity index (χ1) is 6.79. The maximum absolute atomic E-state index is 12.6. The Morgan fingerprint density at radius 3 is 2.40 bits per heavy atom. The van der Waals surface area contributed by atoms with Crippen molar-refractivity contribution < 1.29 is 18.0 Å². The molecule has 0 saturated heterocycles. The molecule has 0 unspecified atom stereocenters. The number of hydrogen-bond donors (Lipinski definition) is 1. The van der Waals surface area contributed by atoms with E-state index in [4.69, 9.17) is 5.90 Å². The van der Waals surface area contributed by atoms with E-state index in [1.165, 1.54) is 26.1 Å². The van der Waals surface area contributed by atoms with Gasteiger partial charge >= 0.3 is 6.18 Å². The number of alkyl halides is 3. The van der Waals surface area contributed by atoms with Gasteiger partial charge in [-0.1, -0.05) is 0 Å². The molecule has 1 heterocycles. The van der Waals surface area contributed by atoms with E-state index >= 15 is 0 Å². The standard InChI is InChI=1S/C9H11F3N2O/c1-8(2,15-13)7-6(9(10,11)12)4-3-5-14-7/h3-5H,13H2,1-2H3. The molecule has 3 nitrogen and oxygen atoms in total. The second-order valence-corrected chi connectivity index (χ2v) is 3.53. The summed E-state index contributed by atoms with van der Waals surface area (Å²) in [5.41, 5.74) is -2.33. The molecule has 0 aliphatic carbocycles. The van der Waals surface area contributed by atoms with Crippen LogP contribution in [0.2, 0.25) is 0 Å². The van der Waals surface area contributed by atoms with Crippen LogP contribution in [0, 0.1) is 0 Å². The zero-order valence-corrected chi connectivity index (χ0v) is 8.30. The maximum Gasteiger partial charge on any atom is 0.418 e. The first-order valence-electron chi connectivity index (χ1n) is 4.19. The Hall–Kier alpha value is -1.14. The summed E-state index contributed by atoms with van der Waals surface area (Å²) in [6, 6.07) is 2.17. The molecule has 15 heavy (non-hydrogen) atoms. The lowest BCUT2D eigenvalue weighted by molar-refractivity contribution is -0.142. The molecule has 1 aromatic heterocycles. The van der Waals surface area contributed by atoms with E-state index in [1.54, 1.807) is 0 Å². The number of aromatic nitrogens is 1. The molecule has 0 saturated carbocycles. The summed E-state index contributed by atoms with van der Waals surface area (Å²) >= 11 is 0. The second kappa shape index (κ2) is 3.79. The molecule has 2 N–H and O–H groups in total. The van der Waals surface area contributed by atoms with Crippen molar-refractivity contribution in [2.45, 2.75) is 25.6 Å². The number of nitrogens with two attached hydrogens (primary N) is 1. The Bertz CT molecular complexity index is 349. The number of pyridine rings is 1. The summed E-state index contributed by atoms with van der Waals surface area (Å²) in [7, 11) is 0. The molecule has 1 aromatic rings. The van der Waals surface area contributed by atoms with Crippen molar-refractivity contribution in [2.24, 2.45) is 5.90 Å². The third-order valence-electron chi connectivity index (χ3n) is 1.98. The molecule has 0 aliphatic rings. The fourth-order valence-electron chi connectivity index (χ4n) is 1.17. The molecular weight excluding hydrogens is 209 g/mol. The quantitative estimate of drug-likeness (QED) is 0.777. The Kier molecular flexibility index (Phi) is 3.01. The Labute approximate surface area is 85.0 Å². The minimum absolute atomic E-state index is 0.222. The van der Waals surface area contributed by atoms with Gasteiger partial charge in [-0.05, 0) is 26.0 Å². The molecule has 6 heteroatoms. The Morgan fingerprint density at radius 2 is 1.93 bits per heavy atom. The van der Waals surface area contributed by atoms with Crippen molar-refractivity contribution in [2.75, 3.05) is 0 Å². The van der Waals surface area contributed by atoms with Gasteiger partial charge in [0.1, 0.15) is 5.60 Å². The molecule has 0 spiro atoms. The fourth-order valence-corrected chi connectivity index (χ4v) is 1.17.